The monoisotopic (exact) mass is 1370 g/mol. The maximum absolute atomic E-state index is 10.3. The minimum absolute atomic E-state index is 0.140. The van der Waals surface area contributed by atoms with E-state index < -0.39 is 35.7 Å². The molecule has 0 amide bonds. The van der Waals surface area contributed by atoms with Gasteiger partial charge >= 0.3 is 0 Å². The summed E-state index contributed by atoms with van der Waals surface area (Å²) in [5, 5.41) is 2.17. The van der Waals surface area contributed by atoms with Crippen molar-refractivity contribution in [3.63, 3.8) is 0 Å². The van der Waals surface area contributed by atoms with Gasteiger partial charge in [0, 0.05) is 83.4 Å². The van der Waals surface area contributed by atoms with E-state index in [4.69, 9.17) is 0 Å². The van der Waals surface area contributed by atoms with Gasteiger partial charge in [0.25, 0.3) is 6.71 Å². The van der Waals surface area contributed by atoms with E-state index in [1.54, 1.807) is 0 Å². The number of para-hydroxylation sites is 2. The van der Waals surface area contributed by atoms with E-state index in [-0.39, 0.29) is 59.2 Å². The Kier molecular flexibility index (Phi) is 13.0. The smallest absolute Gasteiger partial charge is 0.252 e. The minimum atomic E-state index is -1.89. The largest absolute Gasteiger partial charge is 0.310 e. The van der Waals surface area contributed by atoms with E-state index in [0.717, 1.165) is 112 Å². The standard InChI is InChI=1S/C100H95BN4/c1-96(2,3)62-64-52-77(66-32-20-16-21-33-66)94(78(53-64)67-34-22-17-23-35-67)104-89-60-73(102-85-42-30-28-40-75(85)81-56-70(98(7,8)9)44-50-87(81)102)46-48-83(89)101-84-49-47-74(103-86-43-31-29-41-76(86)82-57-71(99(10,11)12)45-51-88(82)103)61-90(84)105(92-59-72(100(13,14)15)58-91(104)93(92)101)95-79(68-36-24-18-25-37-68)54-65(63-97(4,5)6)55-80(95)69-38-26-19-27-39-69/h16-61H,62-63H2,1-15H3/i28D,29D,30D,31D,40D,41D,42D,43D,62D2,63D2. The topological polar surface area (TPSA) is 16.3 Å². The molecule has 2 aromatic heterocycles. The summed E-state index contributed by atoms with van der Waals surface area (Å²) in [6.07, 6.45) is -3.78. The number of anilines is 6. The van der Waals surface area contributed by atoms with Crippen LogP contribution in [0.4, 0.5) is 34.1 Å². The predicted octanol–water partition coefficient (Wildman–Crippen LogP) is 25.7. The Balaban J connectivity index is 1.10. The van der Waals surface area contributed by atoms with Gasteiger partial charge < -0.3 is 18.9 Å². The van der Waals surface area contributed by atoms with Gasteiger partial charge in [-0.05, 0) is 203 Å². The first-order valence-electron chi connectivity index (χ1n) is 42.9. The molecule has 0 unspecified atom stereocenters. The molecule has 4 nitrogen and oxygen atoms in total. The van der Waals surface area contributed by atoms with Crippen molar-refractivity contribution in [2.75, 3.05) is 9.80 Å². The molecule has 17 rings (SSSR count). The van der Waals surface area contributed by atoms with Crippen molar-refractivity contribution in [3.05, 3.63) is 307 Å². The molecular weight excluding hydrogens is 1270 g/mol. The summed E-state index contributed by atoms with van der Waals surface area (Å²) in [5.74, 6) is 0. The number of nitrogens with zero attached hydrogens (tertiary/aromatic N) is 4. The highest BCUT2D eigenvalue weighted by Crippen LogP contribution is 2.55. The van der Waals surface area contributed by atoms with Gasteiger partial charge in [-0.2, -0.15) is 0 Å². The van der Waals surface area contributed by atoms with Gasteiger partial charge in [-0.15, -0.1) is 0 Å². The number of hydrogen-bond donors (Lipinski definition) is 0. The van der Waals surface area contributed by atoms with Gasteiger partial charge in [0.05, 0.1) is 44.4 Å². The van der Waals surface area contributed by atoms with Crippen LogP contribution in [0.5, 0.6) is 0 Å². The van der Waals surface area contributed by atoms with Crippen molar-refractivity contribution >= 4 is 101 Å². The second-order valence-corrected chi connectivity index (χ2v) is 33.9. The van der Waals surface area contributed by atoms with E-state index >= 15 is 0 Å². The van der Waals surface area contributed by atoms with E-state index in [9.17, 15) is 16.4 Å². The molecule has 518 valence electrons. The molecule has 5 heteroatoms. The van der Waals surface area contributed by atoms with E-state index in [1.165, 1.54) is 0 Å². The van der Waals surface area contributed by atoms with E-state index in [0.29, 0.717) is 66.1 Å². The van der Waals surface area contributed by atoms with Crippen LogP contribution in [-0.2, 0) is 29.0 Å². The fraction of sp³-hybridized carbons (Fsp3) is 0.220. The molecule has 2 aliphatic rings. The third-order valence-electron chi connectivity index (χ3n) is 21.0. The zero-order chi connectivity index (χ0) is 83.4. The first-order chi connectivity index (χ1) is 55.1. The van der Waals surface area contributed by atoms with Crippen LogP contribution in [0.15, 0.2) is 279 Å². The zero-order valence-electron chi connectivity index (χ0n) is 74.8. The molecule has 0 radical (unpaired) electrons. The summed E-state index contributed by atoms with van der Waals surface area (Å²) in [6.45, 7) is 30.5. The Labute approximate surface area is 639 Å². The molecule has 0 aliphatic carbocycles. The lowest BCUT2D eigenvalue weighted by atomic mass is 9.33. The van der Waals surface area contributed by atoms with Crippen LogP contribution in [0.3, 0.4) is 0 Å². The van der Waals surface area contributed by atoms with Crippen LogP contribution in [-0.4, -0.2) is 15.8 Å². The van der Waals surface area contributed by atoms with Crippen molar-refractivity contribution in [2.45, 2.75) is 133 Å². The molecular formula is C100H95BN4. The van der Waals surface area contributed by atoms with Gasteiger partial charge in [0.15, 0.2) is 0 Å². The fourth-order valence-corrected chi connectivity index (χ4v) is 16.2. The van der Waals surface area contributed by atoms with Gasteiger partial charge in [-0.1, -0.05) is 286 Å². The van der Waals surface area contributed by atoms with Crippen molar-refractivity contribution in [2.24, 2.45) is 10.8 Å². The molecule has 2 aliphatic heterocycles. The van der Waals surface area contributed by atoms with Gasteiger partial charge in [0.1, 0.15) is 0 Å². The Bertz CT molecular complexity index is 6120. The van der Waals surface area contributed by atoms with Crippen LogP contribution >= 0.6 is 0 Å². The maximum Gasteiger partial charge on any atom is 0.252 e. The number of benzene rings is 13. The first kappa shape index (κ1) is 54.7. The predicted molar refractivity (Wildman–Crippen MR) is 453 cm³/mol. The van der Waals surface area contributed by atoms with Crippen molar-refractivity contribution in [1.29, 1.82) is 0 Å². The Hall–Kier alpha value is -10.9. The van der Waals surface area contributed by atoms with E-state index in [1.807, 2.05) is 160 Å². The normalized spacial score (nSPS) is 15.2. The summed E-state index contributed by atoms with van der Waals surface area (Å²) in [5.41, 5.74) is 17.8. The van der Waals surface area contributed by atoms with Crippen LogP contribution in [0.25, 0.3) is 99.5 Å². The van der Waals surface area contributed by atoms with Gasteiger partial charge in [-0.25, -0.2) is 0 Å². The number of aromatic nitrogens is 2. The molecule has 0 atom stereocenters. The average Bonchev–Trinajstić information content (AvgIpc) is 1.41. The Morgan fingerprint density at radius 3 is 0.971 bits per heavy atom. The highest BCUT2D eigenvalue weighted by Gasteiger charge is 2.47. The second kappa shape index (κ2) is 24.9. The summed E-state index contributed by atoms with van der Waals surface area (Å²) in [4.78, 5) is 4.80. The van der Waals surface area contributed by atoms with E-state index in [2.05, 4.69) is 193 Å². The lowest BCUT2D eigenvalue weighted by molar-refractivity contribution is 0.411. The second-order valence-electron chi connectivity index (χ2n) is 33.9. The molecule has 0 bridgehead atoms. The van der Waals surface area contributed by atoms with Gasteiger partial charge in [0.2, 0.25) is 0 Å². The number of rotatable bonds is 10. The van der Waals surface area contributed by atoms with Gasteiger partial charge in [-0.3, -0.25) is 0 Å². The summed E-state index contributed by atoms with van der Waals surface area (Å²) >= 11 is 0. The first-order valence-corrected chi connectivity index (χ1v) is 36.9. The average molecular weight is 1380 g/mol. The summed E-state index contributed by atoms with van der Waals surface area (Å²) in [6, 6.07) is 77.1. The molecule has 0 saturated heterocycles. The van der Waals surface area contributed by atoms with Crippen LogP contribution < -0.4 is 26.2 Å². The highest BCUT2D eigenvalue weighted by molar-refractivity contribution is 7.00. The molecule has 0 fully saturated rings. The Morgan fingerprint density at radius 2 is 0.648 bits per heavy atom. The molecule has 105 heavy (non-hydrogen) atoms. The Morgan fingerprint density at radius 1 is 0.314 bits per heavy atom. The number of hydrogen-bond acceptors (Lipinski definition) is 2. The third-order valence-corrected chi connectivity index (χ3v) is 21.0. The fourth-order valence-electron chi connectivity index (χ4n) is 16.2. The molecule has 0 spiro atoms. The lowest BCUT2D eigenvalue weighted by Crippen LogP contribution is -2.61. The number of fused-ring (bicyclic) bond motifs is 10. The van der Waals surface area contributed by atoms with Crippen LogP contribution in [0.1, 0.15) is 148 Å². The lowest BCUT2D eigenvalue weighted by Gasteiger charge is -2.46. The molecule has 0 N–H and O–H groups in total. The van der Waals surface area contributed by atoms with Crippen LogP contribution in [0, 0.1) is 10.8 Å². The highest BCUT2D eigenvalue weighted by atomic mass is 15.2. The summed E-state index contributed by atoms with van der Waals surface area (Å²) in [7, 11) is 0. The quantitative estimate of drug-likeness (QED) is 0.127. The molecule has 4 heterocycles. The molecule has 0 saturated carbocycles. The zero-order valence-corrected chi connectivity index (χ0v) is 62.8. The van der Waals surface area contributed by atoms with Crippen molar-refractivity contribution in [3.8, 4) is 55.9 Å². The van der Waals surface area contributed by atoms with Crippen molar-refractivity contribution < 1.29 is 16.4 Å². The SMILES string of the molecule is [2H]c1c([2H])c([2H])c2c(c1[2H])c1cc(C(C)(C)C)ccc1n2-c1ccc2c(c1)N(c1c(-c3ccccc3)cc(C([2H])([2H])C(C)(C)C)cc1-c1ccccc1)c1cc(C(C)(C)C)cc3c1B2c1ccc(-n2c4ccc(C(C)(C)C)cc4c4c([2H])c([2H])c([2H])c([2H])c42)cc1N3c1c(-c2ccccc2)cc(C([2H])([2H])C(C)(C)C)cc1-c1ccccc1. The molecule has 15 aromatic rings. The molecule has 13 aromatic carbocycles. The third kappa shape index (κ3) is 11.9. The van der Waals surface area contributed by atoms with Crippen molar-refractivity contribution in [1.82, 2.24) is 9.13 Å². The maximum atomic E-state index is 10.3. The minimum Gasteiger partial charge on any atom is -0.310 e. The van der Waals surface area contributed by atoms with Crippen LogP contribution in [0.2, 0.25) is 0 Å². The summed E-state index contributed by atoms with van der Waals surface area (Å²) < 4.78 is 122.